The summed E-state index contributed by atoms with van der Waals surface area (Å²) in [7, 11) is 0. The fourth-order valence-electron chi connectivity index (χ4n) is 2.65. The van der Waals surface area contributed by atoms with Gasteiger partial charge < -0.3 is 15.8 Å². The van der Waals surface area contributed by atoms with Gasteiger partial charge in [0.1, 0.15) is 17.5 Å². The molecule has 3 rings (SSSR count). The van der Waals surface area contributed by atoms with Crippen molar-refractivity contribution in [2.45, 2.75) is 44.6 Å². The number of aromatic nitrogens is 2. The molecule has 0 radical (unpaired) electrons. The van der Waals surface area contributed by atoms with Crippen molar-refractivity contribution >= 4 is 11.6 Å². The van der Waals surface area contributed by atoms with Crippen molar-refractivity contribution in [1.82, 2.24) is 9.97 Å². The van der Waals surface area contributed by atoms with E-state index < -0.39 is 0 Å². The molecule has 1 aromatic heterocycles. The Morgan fingerprint density at radius 2 is 2.00 bits per heavy atom. The van der Waals surface area contributed by atoms with Crippen LogP contribution in [0.4, 0.5) is 11.6 Å². The molecule has 19 heavy (non-hydrogen) atoms. The molecule has 0 aromatic carbocycles. The minimum atomic E-state index is 0.394. The lowest BCUT2D eigenvalue weighted by Gasteiger charge is -2.28. The van der Waals surface area contributed by atoms with Gasteiger partial charge in [0.15, 0.2) is 0 Å². The Kier molecular flexibility index (Phi) is 3.55. The maximum Gasteiger partial charge on any atom is 0.136 e. The summed E-state index contributed by atoms with van der Waals surface area (Å²) >= 11 is 0. The zero-order valence-corrected chi connectivity index (χ0v) is 11.4. The lowest BCUT2D eigenvalue weighted by Crippen LogP contribution is -2.31. The van der Waals surface area contributed by atoms with E-state index in [0.717, 1.165) is 37.7 Å². The van der Waals surface area contributed by atoms with Gasteiger partial charge >= 0.3 is 0 Å². The molecule has 1 unspecified atom stereocenters. The van der Waals surface area contributed by atoms with Crippen molar-refractivity contribution in [3.8, 4) is 0 Å². The minimum absolute atomic E-state index is 0.394. The van der Waals surface area contributed by atoms with E-state index in [0.29, 0.717) is 23.7 Å². The van der Waals surface area contributed by atoms with Crippen molar-refractivity contribution in [2.24, 2.45) is 5.92 Å². The highest BCUT2D eigenvalue weighted by Crippen LogP contribution is 2.38. The van der Waals surface area contributed by atoms with Crippen LogP contribution in [0.15, 0.2) is 6.07 Å². The number of anilines is 2. The van der Waals surface area contributed by atoms with E-state index in [1.807, 2.05) is 6.07 Å². The second kappa shape index (κ2) is 5.33. The predicted octanol–water partition coefficient (Wildman–Crippen LogP) is 2.16. The summed E-state index contributed by atoms with van der Waals surface area (Å²) in [6.45, 7) is 3.96. The van der Waals surface area contributed by atoms with E-state index in [2.05, 4.69) is 22.2 Å². The van der Waals surface area contributed by atoms with Gasteiger partial charge in [0.05, 0.1) is 0 Å². The monoisotopic (exact) mass is 262 g/mol. The van der Waals surface area contributed by atoms with Crippen LogP contribution in [0.2, 0.25) is 0 Å². The molecule has 5 nitrogen and oxygen atoms in total. The minimum Gasteiger partial charge on any atom is -0.384 e. The van der Waals surface area contributed by atoms with E-state index in [1.54, 1.807) is 0 Å². The molecule has 1 saturated carbocycles. The highest BCUT2D eigenvalue weighted by molar-refractivity contribution is 5.46. The molecule has 1 aromatic rings. The average molecular weight is 262 g/mol. The van der Waals surface area contributed by atoms with Gasteiger partial charge in [-0.05, 0) is 38.5 Å². The molecule has 3 N–H and O–H groups in total. The van der Waals surface area contributed by atoms with Gasteiger partial charge in [-0.3, -0.25) is 0 Å². The van der Waals surface area contributed by atoms with Crippen molar-refractivity contribution in [3.05, 3.63) is 11.9 Å². The molecule has 1 saturated heterocycles. The molecule has 0 bridgehead atoms. The van der Waals surface area contributed by atoms with Crippen LogP contribution in [0.1, 0.15) is 44.3 Å². The van der Waals surface area contributed by atoms with E-state index in [-0.39, 0.29) is 0 Å². The number of nitrogens with zero attached hydrogens (tertiary/aromatic N) is 2. The third-order valence-corrected chi connectivity index (χ3v) is 4.05. The van der Waals surface area contributed by atoms with Crippen LogP contribution in [0.5, 0.6) is 0 Å². The summed E-state index contributed by atoms with van der Waals surface area (Å²) in [5, 5.41) is 3.49. The SMILES string of the molecule is CC(Nc1cc(N)nc(C2CC2)n1)C1CCOCC1. The second-order valence-electron chi connectivity index (χ2n) is 5.69. The molecule has 5 heteroatoms. The van der Waals surface area contributed by atoms with Crippen LogP contribution in [0.25, 0.3) is 0 Å². The summed E-state index contributed by atoms with van der Waals surface area (Å²) in [5.41, 5.74) is 5.87. The summed E-state index contributed by atoms with van der Waals surface area (Å²) < 4.78 is 5.40. The third kappa shape index (κ3) is 3.15. The first-order valence-corrected chi connectivity index (χ1v) is 7.21. The molecular weight excluding hydrogens is 240 g/mol. The summed E-state index contributed by atoms with van der Waals surface area (Å²) in [4.78, 5) is 8.92. The third-order valence-electron chi connectivity index (χ3n) is 4.05. The van der Waals surface area contributed by atoms with Crippen LogP contribution >= 0.6 is 0 Å². The Labute approximate surface area is 114 Å². The largest absolute Gasteiger partial charge is 0.384 e. The molecule has 1 aliphatic carbocycles. The first kappa shape index (κ1) is 12.7. The summed E-state index contributed by atoms with van der Waals surface area (Å²) in [6.07, 6.45) is 4.62. The summed E-state index contributed by atoms with van der Waals surface area (Å²) in [5.74, 6) is 3.52. The van der Waals surface area contributed by atoms with Gasteiger partial charge in [0, 0.05) is 31.2 Å². The molecule has 2 heterocycles. The molecule has 1 atom stereocenters. The molecule has 0 spiro atoms. The van der Waals surface area contributed by atoms with E-state index in [9.17, 15) is 0 Å². The van der Waals surface area contributed by atoms with Gasteiger partial charge in [-0.1, -0.05) is 0 Å². The van der Waals surface area contributed by atoms with Gasteiger partial charge in [-0.15, -0.1) is 0 Å². The molecule has 2 aliphatic rings. The Bertz CT molecular complexity index is 441. The highest BCUT2D eigenvalue weighted by Gasteiger charge is 2.27. The lowest BCUT2D eigenvalue weighted by molar-refractivity contribution is 0.0622. The average Bonchev–Trinajstić information content (AvgIpc) is 3.23. The zero-order chi connectivity index (χ0) is 13.2. The van der Waals surface area contributed by atoms with E-state index in [4.69, 9.17) is 10.5 Å². The Hall–Kier alpha value is -1.36. The van der Waals surface area contributed by atoms with Crippen LogP contribution in [0.3, 0.4) is 0 Å². The van der Waals surface area contributed by atoms with Crippen molar-refractivity contribution in [2.75, 3.05) is 24.3 Å². The smallest absolute Gasteiger partial charge is 0.136 e. The summed E-state index contributed by atoms with van der Waals surface area (Å²) in [6, 6.07) is 2.23. The first-order chi connectivity index (χ1) is 9.22. The topological polar surface area (TPSA) is 73.1 Å². The number of rotatable bonds is 4. The molecule has 104 valence electrons. The number of nitrogens with two attached hydrogens (primary N) is 1. The Morgan fingerprint density at radius 3 is 2.68 bits per heavy atom. The number of hydrogen-bond donors (Lipinski definition) is 2. The highest BCUT2D eigenvalue weighted by atomic mass is 16.5. The molecular formula is C14H22N4O. The standard InChI is InChI=1S/C14H22N4O/c1-9(10-4-6-19-7-5-10)16-13-8-12(15)17-14(18-13)11-2-3-11/h8-11H,2-7H2,1H3,(H3,15,16,17,18). The van der Waals surface area contributed by atoms with Gasteiger partial charge in [0.2, 0.25) is 0 Å². The molecule has 2 fully saturated rings. The Balaban J connectivity index is 1.67. The number of ether oxygens (including phenoxy) is 1. The maximum atomic E-state index is 5.87. The Morgan fingerprint density at radius 1 is 1.26 bits per heavy atom. The van der Waals surface area contributed by atoms with Crippen molar-refractivity contribution in [1.29, 1.82) is 0 Å². The van der Waals surface area contributed by atoms with Crippen LogP contribution < -0.4 is 11.1 Å². The fraction of sp³-hybridized carbons (Fsp3) is 0.714. The number of nitrogens with one attached hydrogen (secondary N) is 1. The fourth-order valence-corrected chi connectivity index (χ4v) is 2.65. The van der Waals surface area contributed by atoms with E-state index in [1.165, 1.54) is 12.8 Å². The van der Waals surface area contributed by atoms with Gasteiger partial charge in [-0.25, -0.2) is 9.97 Å². The quantitative estimate of drug-likeness (QED) is 0.870. The second-order valence-corrected chi connectivity index (χ2v) is 5.69. The van der Waals surface area contributed by atoms with Gasteiger partial charge in [0.25, 0.3) is 0 Å². The van der Waals surface area contributed by atoms with Gasteiger partial charge in [-0.2, -0.15) is 0 Å². The van der Waals surface area contributed by atoms with E-state index >= 15 is 0 Å². The number of nitrogen functional groups attached to an aromatic ring is 1. The molecule has 1 aliphatic heterocycles. The lowest BCUT2D eigenvalue weighted by atomic mass is 9.93. The van der Waals surface area contributed by atoms with Crippen molar-refractivity contribution in [3.63, 3.8) is 0 Å². The number of hydrogen-bond acceptors (Lipinski definition) is 5. The maximum absolute atomic E-state index is 5.87. The molecule has 0 amide bonds. The predicted molar refractivity (Wildman–Crippen MR) is 75.0 cm³/mol. The van der Waals surface area contributed by atoms with Crippen LogP contribution in [0, 0.1) is 5.92 Å². The van der Waals surface area contributed by atoms with Crippen LogP contribution in [-0.4, -0.2) is 29.2 Å². The normalized spacial score (nSPS) is 22.2. The first-order valence-electron chi connectivity index (χ1n) is 7.21. The van der Waals surface area contributed by atoms with Crippen LogP contribution in [-0.2, 0) is 4.74 Å². The van der Waals surface area contributed by atoms with Crippen molar-refractivity contribution < 1.29 is 4.74 Å². The zero-order valence-electron chi connectivity index (χ0n) is 11.4.